The maximum absolute atomic E-state index is 11.9. The summed E-state index contributed by atoms with van der Waals surface area (Å²) < 4.78 is 29.8. The number of hydrogen-bond donors (Lipinski definition) is 0. The average molecular weight is 274 g/mol. The average Bonchev–Trinajstić information content (AvgIpc) is 2.34. The van der Waals surface area contributed by atoms with Crippen molar-refractivity contribution >= 4 is 16.2 Å². The second kappa shape index (κ2) is 7.61. The Kier molecular flexibility index (Phi) is 6.90. The van der Waals surface area contributed by atoms with Crippen LogP contribution in [0.25, 0.3) is 0 Å². The highest BCUT2D eigenvalue weighted by Crippen LogP contribution is 2.06. The van der Waals surface area contributed by atoms with E-state index in [9.17, 15) is 13.2 Å². The van der Waals surface area contributed by atoms with Gasteiger partial charge in [0.05, 0.1) is 25.7 Å². The van der Waals surface area contributed by atoms with Crippen LogP contribution >= 0.6 is 0 Å². The molecule has 0 radical (unpaired) electrons. The first-order valence-corrected chi connectivity index (χ1v) is 6.32. The molecule has 0 fully saturated rings. The molecule has 0 aromatic heterocycles. The van der Waals surface area contributed by atoms with Gasteiger partial charge in [0.25, 0.3) is 10.2 Å². The summed E-state index contributed by atoms with van der Waals surface area (Å²) >= 11 is 0. The van der Waals surface area contributed by atoms with Crippen LogP contribution < -0.4 is 0 Å². The Labute approximate surface area is 106 Å². The molecule has 0 aliphatic heterocycles. The molecule has 0 aromatic rings. The molecule has 0 aliphatic carbocycles. The summed E-state index contributed by atoms with van der Waals surface area (Å²) in [6.45, 7) is -0.917. The van der Waals surface area contributed by atoms with Gasteiger partial charge in [0.1, 0.15) is 13.1 Å². The maximum Gasteiger partial charge on any atom is 0.306 e. The number of carbonyl (C=O) groups excluding carboxylic acids is 1. The maximum atomic E-state index is 11.9. The fraction of sp³-hybridized carbons (Fsp3) is 0.667. The van der Waals surface area contributed by atoms with Gasteiger partial charge in [0.2, 0.25) is 0 Å². The van der Waals surface area contributed by atoms with Crippen molar-refractivity contribution in [2.75, 3.05) is 33.8 Å². The van der Waals surface area contributed by atoms with E-state index in [1.165, 1.54) is 14.2 Å². The quantitative estimate of drug-likeness (QED) is 0.438. The van der Waals surface area contributed by atoms with Gasteiger partial charge in [-0.3, -0.25) is 4.79 Å². The van der Waals surface area contributed by atoms with Crippen molar-refractivity contribution in [3.05, 3.63) is 0 Å². The minimum atomic E-state index is -3.92. The van der Waals surface area contributed by atoms with E-state index in [1.807, 2.05) is 0 Å². The lowest BCUT2D eigenvalue weighted by atomic mass is 10.4. The lowest BCUT2D eigenvalue weighted by molar-refractivity contribution is -0.140. The Balaban J connectivity index is 4.73. The van der Waals surface area contributed by atoms with E-state index in [0.29, 0.717) is 0 Å². The fourth-order valence-electron chi connectivity index (χ4n) is 1.04. The zero-order chi connectivity index (χ0) is 14.2. The van der Waals surface area contributed by atoms with Crippen LogP contribution in [0.2, 0.25) is 0 Å². The Morgan fingerprint density at radius 1 is 1.28 bits per heavy atom. The van der Waals surface area contributed by atoms with Gasteiger partial charge < -0.3 is 4.74 Å². The molecule has 0 aliphatic rings. The molecule has 0 heterocycles. The van der Waals surface area contributed by atoms with Gasteiger partial charge in [-0.1, -0.05) is 0 Å². The minimum Gasteiger partial charge on any atom is -0.469 e. The van der Waals surface area contributed by atoms with Crippen LogP contribution in [-0.4, -0.2) is 56.8 Å². The van der Waals surface area contributed by atoms with Crippen molar-refractivity contribution in [2.24, 2.45) is 0 Å². The SMILES string of the molecule is COC(=O)CCN(C)S(=O)(=O)N(CC#N)CC#N. The van der Waals surface area contributed by atoms with E-state index in [1.54, 1.807) is 12.1 Å². The van der Waals surface area contributed by atoms with Gasteiger partial charge in [-0.2, -0.15) is 27.6 Å². The van der Waals surface area contributed by atoms with Crippen molar-refractivity contribution in [3.8, 4) is 12.1 Å². The van der Waals surface area contributed by atoms with Crippen LogP contribution in [0.4, 0.5) is 0 Å². The van der Waals surface area contributed by atoms with E-state index in [4.69, 9.17) is 10.5 Å². The Morgan fingerprint density at radius 3 is 2.17 bits per heavy atom. The standard InChI is InChI=1S/C9H14N4O4S/c1-12(6-3-9(14)17-2)18(15,16)13(7-4-10)8-5-11/h3,6-8H2,1-2H3. The Hall–Kier alpha value is -1.68. The van der Waals surface area contributed by atoms with E-state index in [-0.39, 0.29) is 13.0 Å². The van der Waals surface area contributed by atoms with Crippen LogP contribution in [0, 0.1) is 22.7 Å². The summed E-state index contributed by atoms with van der Waals surface area (Å²) in [5.74, 6) is -0.538. The van der Waals surface area contributed by atoms with E-state index >= 15 is 0 Å². The summed E-state index contributed by atoms with van der Waals surface area (Å²) in [5, 5.41) is 17.0. The molecule has 0 amide bonds. The molecule has 0 rings (SSSR count). The van der Waals surface area contributed by atoms with Crippen LogP contribution in [-0.2, 0) is 19.7 Å². The van der Waals surface area contributed by atoms with Crippen molar-refractivity contribution in [1.82, 2.24) is 8.61 Å². The van der Waals surface area contributed by atoms with Crippen molar-refractivity contribution in [1.29, 1.82) is 10.5 Å². The number of carbonyl (C=O) groups is 1. The minimum absolute atomic E-state index is 0.0810. The van der Waals surface area contributed by atoms with Gasteiger partial charge in [0.15, 0.2) is 0 Å². The number of esters is 1. The van der Waals surface area contributed by atoms with Gasteiger partial charge in [-0.05, 0) is 0 Å². The van der Waals surface area contributed by atoms with Crippen LogP contribution in [0.3, 0.4) is 0 Å². The summed E-state index contributed by atoms with van der Waals surface area (Å²) in [6, 6.07) is 3.33. The van der Waals surface area contributed by atoms with Crippen LogP contribution in [0.15, 0.2) is 0 Å². The third kappa shape index (κ3) is 4.67. The summed E-state index contributed by atoms with van der Waals surface area (Å²) in [4.78, 5) is 10.9. The lowest BCUT2D eigenvalue weighted by Gasteiger charge is -2.23. The molecule has 0 saturated heterocycles. The van der Waals surface area contributed by atoms with Gasteiger partial charge in [-0.25, -0.2) is 0 Å². The first kappa shape index (κ1) is 16.3. The van der Waals surface area contributed by atoms with Gasteiger partial charge in [-0.15, -0.1) is 0 Å². The molecule has 0 spiro atoms. The largest absolute Gasteiger partial charge is 0.469 e. The van der Waals surface area contributed by atoms with Crippen LogP contribution in [0.1, 0.15) is 6.42 Å². The van der Waals surface area contributed by atoms with E-state index in [0.717, 1.165) is 8.61 Å². The molecule has 0 atom stereocenters. The third-order valence-electron chi connectivity index (χ3n) is 2.07. The summed E-state index contributed by atoms with van der Waals surface area (Å²) in [5.41, 5.74) is 0. The topological polar surface area (TPSA) is 114 Å². The highest BCUT2D eigenvalue weighted by atomic mass is 32.2. The monoisotopic (exact) mass is 274 g/mol. The Bertz CT molecular complexity index is 446. The molecule has 18 heavy (non-hydrogen) atoms. The number of methoxy groups -OCH3 is 1. The number of nitrogens with zero attached hydrogens (tertiary/aromatic N) is 4. The molecular weight excluding hydrogens is 260 g/mol. The van der Waals surface area contributed by atoms with Gasteiger partial charge >= 0.3 is 5.97 Å². The normalized spacial score (nSPS) is 11.0. The zero-order valence-corrected chi connectivity index (χ0v) is 11.0. The highest BCUT2D eigenvalue weighted by Gasteiger charge is 2.26. The van der Waals surface area contributed by atoms with Crippen molar-refractivity contribution in [3.63, 3.8) is 0 Å². The first-order chi connectivity index (χ1) is 8.39. The number of hydrogen-bond acceptors (Lipinski definition) is 6. The molecule has 100 valence electrons. The molecule has 9 heteroatoms. The highest BCUT2D eigenvalue weighted by molar-refractivity contribution is 7.86. The van der Waals surface area contributed by atoms with Gasteiger partial charge in [0, 0.05) is 13.6 Å². The Morgan fingerprint density at radius 2 is 1.78 bits per heavy atom. The summed E-state index contributed by atoms with van der Waals surface area (Å²) in [6.07, 6.45) is -0.0980. The van der Waals surface area contributed by atoms with E-state index in [2.05, 4.69) is 4.74 Å². The lowest BCUT2D eigenvalue weighted by Crippen LogP contribution is -2.43. The first-order valence-electron chi connectivity index (χ1n) is 4.92. The molecule has 0 aromatic carbocycles. The molecule has 0 unspecified atom stereocenters. The number of ether oxygens (including phenoxy) is 1. The number of rotatable bonds is 7. The third-order valence-corrected chi connectivity index (χ3v) is 3.95. The zero-order valence-electron chi connectivity index (χ0n) is 10.2. The molecule has 0 saturated carbocycles. The molecule has 0 bridgehead atoms. The smallest absolute Gasteiger partial charge is 0.306 e. The predicted octanol–water partition coefficient (Wildman–Crippen LogP) is -0.925. The molecule has 8 nitrogen and oxygen atoms in total. The number of nitriles is 2. The van der Waals surface area contributed by atoms with E-state index < -0.39 is 29.3 Å². The second-order valence-electron chi connectivity index (χ2n) is 3.24. The molecular formula is C9H14N4O4S. The summed E-state index contributed by atoms with van der Waals surface area (Å²) in [7, 11) is -1.45. The van der Waals surface area contributed by atoms with Crippen LogP contribution in [0.5, 0.6) is 0 Å². The van der Waals surface area contributed by atoms with Crippen molar-refractivity contribution < 1.29 is 17.9 Å². The predicted molar refractivity (Wildman–Crippen MR) is 61.0 cm³/mol. The van der Waals surface area contributed by atoms with Crippen molar-refractivity contribution in [2.45, 2.75) is 6.42 Å². The second-order valence-corrected chi connectivity index (χ2v) is 5.28. The molecule has 0 N–H and O–H groups in total. The fourth-order valence-corrected chi connectivity index (χ4v) is 2.20.